The summed E-state index contributed by atoms with van der Waals surface area (Å²) in [6.07, 6.45) is 2.27. The van der Waals surface area contributed by atoms with E-state index in [-0.39, 0.29) is 5.56 Å². The standard InChI is InChI=1S/C23H25N5O3S/c1-4-6-16-19-20(28(3)27-16)23(30)26-22(25-19)15-12-13(7-9-17(15)31-5-2)11-14-8-10-18(32-14)21(24)29/h7-10,12H,4-6,11H2,1-3H3,(H2,24,29)(H,25,26,30). The number of H-pyrrole nitrogens is 1. The van der Waals surface area contributed by atoms with Crippen LogP contribution in [0, 0.1) is 0 Å². The van der Waals surface area contributed by atoms with E-state index < -0.39 is 5.91 Å². The summed E-state index contributed by atoms with van der Waals surface area (Å²) in [5, 5.41) is 4.49. The third kappa shape index (κ3) is 4.16. The number of primary amides is 1. The van der Waals surface area contributed by atoms with Crippen molar-refractivity contribution in [3.05, 3.63) is 61.7 Å². The number of amides is 1. The second kappa shape index (κ2) is 8.96. The van der Waals surface area contributed by atoms with Gasteiger partial charge in [0.15, 0.2) is 5.52 Å². The lowest BCUT2D eigenvalue weighted by molar-refractivity contribution is 0.100. The first kappa shape index (κ1) is 21.8. The first-order valence-electron chi connectivity index (χ1n) is 10.5. The molecule has 0 fully saturated rings. The Labute approximate surface area is 189 Å². The fraction of sp³-hybridized carbons (Fsp3) is 0.304. The summed E-state index contributed by atoms with van der Waals surface area (Å²) >= 11 is 1.38. The summed E-state index contributed by atoms with van der Waals surface area (Å²) in [5.74, 6) is 0.661. The van der Waals surface area contributed by atoms with E-state index >= 15 is 0 Å². The Kier molecular flexibility index (Phi) is 6.09. The number of carbonyl (C=O) groups is 1. The van der Waals surface area contributed by atoms with Gasteiger partial charge in [-0.15, -0.1) is 11.3 Å². The molecule has 0 bridgehead atoms. The second-order valence-electron chi connectivity index (χ2n) is 7.50. The van der Waals surface area contributed by atoms with Crippen LogP contribution in [-0.2, 0) is 19.9 Å². The van der Waals surface area contributed by atoms with Gasteiger partial charge in [0.25, 0.3) is 11.5 Å². The van der Waals surface area contributed by atoms with E-state index in [9.17, 15) is 9.59 Å². The van der Waals surface area contributed by atoms with Crippen LogP contribution in [0.4, 0.5) is 0 Å². The molecule has 0 radical (unpaired) electrons. The highest BCUT2D eigenvalue weighted by Gasteiger charge is 2.18. The van der Waals surface area contributed by atoms with Gasteiger partial charge in [0.1, 0.15) is 17.1 Å². The predicted molar refractivity (Wildman–Crippen MR) is 125 cm³/mol. The van der Waals surface area contributed by atoms with Crippen molar-refractivity contribution in [2.45, 2.75) is 33.1 Å². The number of carbonyl (C=O) groups excluding carboxylic acids is 1. The molecule has 1 amide bonds. The smallest absolute Gasteiger partial charge is 0.277 e. The number of nitrogens with one attached hydrogen (secondary N) is 1. The zero-order chi connectivity index (χ0) is 22.8. The van der Waals surface area contributed by atoms with Crippen LogP contribution in [0.2, 0.25) is 0 Å². The summed E-state index contributed by atoms with van der Waals surface area (Å²) in [6.45, 7) is 4.47. The molecule has 3 heterocycles. The average molecular weight is 452 g/mol. The lowest BCUT2D eigenvalue weighted by Crippen LogP contribution is -2.13. The van der Waals surface area contributed by atoms with Crippen LogP contribution >= 0.6 is 11.3 Å². The molecule has 3 N–H and O–H groups in total. The summed E-state index contributed by atoms with van der Waals surface area (Å²) < 4.78 is 7.41. The molecule has 0 saturated carbocycles. The molecule has 32 heavy (non-hydrogen) atoms. The Hall–Kier alpha value is -3.46. The highest BCUT2D eigenvalue weighted by atomic mass is 32.1. The van der Waals surface area contributed by atoms with Crippen molar-refractivity contribution < 1.29 is 9.53 Å². The van der Waals surface area contributed by atoms with Crippen LogP contribution in [0.1, 0.15) is 46.1 Å². The molecular formula is C23H25N5O3S. The molecule has 1 aromatic carbocycles. The molecule has 0 saturated heterocycles. The number of aryl methyl sites for hydroxylation is 2. The van der Waals surface area contributed by atoms with Gasteiger partial charge in [-0.25, -0.2) is 4.98 Å². The highest BCUT2D eigenvalue weighted by Crippen LogP contribution is 2.31. The van der Waals surface area contributed by atoms with Crippen molar-refractivity contribution in [3.63, 3.8) is 0 Å². The molecular weight excluding hydrogens is 426 g/mol. The minimum absolute atomic E-state index is 0.237. The molecule has 0 unspecified atom stereocenters. The Bertz CT molecular complexity index is 1350. The van der Waals surface area contributed by atoms with E-state index in [0.29, 0.717) is 46.1 Å². The summed E-state index contributed by atoms with van der Waals surface area (Å²) in [4.78, 5) is 33.5. The van der Waals surface area contributed by atoms with Crippen molar-refractivity contribution in [2.24, 2.45) is 12.8 Å². The van der Waals surface area contributed by atoms with Crippen LogP contribution in [0.15, 0.2) is 35.1 Å². The molecule has 9 heteroatoms. The van der Waals surface area contributed by atoms with Gasteiger partial charge in [-0.2, -0.15) is 5.10 Å². The van der Waals surface area contributed by atoms with Gasteiger partial charge in [-0.05, 0) is 43.2 Å². The van der Waals surface area contributed by atoms with E-state index in [4.69, 9.17) is 15.5 Å². The topological polar surface area (TPSA) is 116 Å². The van der Waals surface area contributed by atoms with Crippen LogP contribution in [0.3, 0.4) is 0 Å². The van der Waals surface area contributed by atoms with Gasteiger partial charge in [0, 0.05) is 18.3 Å². The van der Waals surface area contributed by atoms with Crippen molar-refractivity contribution in [1.82, 2.24) is 19.7 Å². The maximum Gasteiger partial charge on any atom is 0.277 e. The number of nitrogens with two attached hydrogens (primary N) is 1. The molecule has 4 rings (SSSR count). The van der Waals surface area contributed by atoms with Crippen molar-refractivity contribution >= 4 is 28.3 Å². The first-order chi connectivity index (χ1) is 15.4. The molecule has 0 aliphatic rings. The van der Waals surface area contributed by atoms with Crippen molar-refractivity contribution in [3.8, 4) is 17.1 Å². The lowest BCUT2D eigenvalue weighted by atomic mass is 10.1. The zero-order valence-electron chi connectivity index (χ0n) is 18.3. The van der Waals surface area contributed by atoms with Crippen molar-refractivity contribution in [2.75, 3.05) is 6.61 Å². The molecule has 166 valence electrons. The van der Waals surface area contributed by atoms with E-state index in [2.05, 4.69) is 17.0 Å². The monoisotopic (exact) mass is 451 g/mol. The molecule has 0 atom stereocenters. The largest absolute Gasteiger partial charge is 0.493 e. The number of hydrogen-bond donors (Lipinski definition) is 2. The van der Waals surface area contributed by atoms with E-state index in [1.54, 1.807) is 17.8 Å². The summed E-state index contributed by atoms with van der Waals surface area (Å²) in [7, 11) is 1.76. The Morgan fingerprint density at radius 2 is 2.06 bits per heavy atom. The Morgan fingerprint density at radius 3 is 2.75 bits per heavy atom. The number of rotatable bonds is 8. The van der Waals surface area contributed by atoms with Gasteiger partial charge < -0.3 is 15.5 Å². The predicted octanol–water partition coefficient (Wildman–Crippen LogP) is 3.43. The van der Waals surface area contributed by atoms with E-state index in [0.717, 1.165) is 29.0 Å². The van der Waals surface area contributed by atoms with Crippen LogP contribution in [0.5, 0.6) is 5.75 Å². The Morgan fingerprint density at radius 1 is 1.25 bits per heavy atom. The third-order valence-electron chi connectivity index (χ3n) is 5.13. The number of benzene rings is 1. The van der Waals surface area contributed by atoms with Gasteiger partial charge in [0.05, 0.1) is 22.7 Å². The van der Waals surface area contributed by atoms with Crippen LogP contribution in [0.25, 0.3) is 22.4 Å². The molecule has 0 spiro atoms. The number of aromatic nitrogens is 4. The van der Waals surface area contributed by atoms with Crippen LogP contribution in [-0.4, -0.2) is 32.3 Å². The first-order valence-corrected chi connectivity index (χ1v) is 11.3. The number of hydrogen-bond acceptors (Lipinski definition) is 6. The molecule has 0 aliphatic carbocycles. The quantitative estimate of drug-likeness (QED) is 0.426. The minimum Gasteiger partial charge on any atom is -0.493 e. The number of ether oxygens (including phenoxy) is 1. The zero-order valence-corrected chi connectivity index (χ0v) is 19.1. The maximum atomic E-state index is 12.9. The SMILES string of the molecule is CCCc1nn(C)c2c(=O)[nH]c(-c3cc(Cc4ccc(C(N)=O)s4)ccc3OCC)nc12. The van der Waals surface area contributed by atoms with E-state index in [1.165, 1.54) is 11.3 Å². The number of thiophene rings is 1. The normalized spacial score (nSPS) is 11.2. The average Bonchev–Trinajstić information content (AvgIpc) is 3.34. The van der Waals surface area contributed by atoms with Gasteiger partial charge in [0.2, 0.25) is 0 Å². The van der Waals surface area contributed by atoms with Gasteiger partial charge in [-0.3, -0.25) is 14.3 Å². The Balaban J connectivity index is 1.81. The third-order valence-corrected chi connectivity index (χ3v) is 6.23. The van der Waals surface area contributed by atoms with Crippen LogP contribution < -0.4 is 16.0 Å². The fourth-order valence-corrected chi connectivity index (χ4v) is 4.63. The van der Waals surface area contributed by atoms with Gasteiger partial charge in [-0.1, -0.05) is 19.4 Å². The number of aromatic amines is 1. The summed E-state index contributed by atoms with van der Waals surface area (Å²) in [6, 6.07) is 9.47. The molecule has 8 nitrogen and oxygen atoms in total. The fourth-order valence-electron chi connectivity index (χ4n) is 3.74. The van der Waals surface area contributed by atoms with Crippen molar-refractivity contribution in [1.29, 1.82) is 0 Å². The second-order valence-corrected chi connectivity index (χ2v) is 8.67. The highest BCUT2D eigenvalue weighted by molar-refractivity contribution is 7.14. The van der Waals surface area contributed by atoms with Gasteiger partial charge >= 0.3 is 0 Å². The lowest BCUT2D eigenvalue weighted by Gasteiger charge is -2.12. The molecule has 3 aromatic heterocycles. The molecule has 4 aromatic rings. The van der Waals surface area contributed by atoms with E-state index in [1.807, 2.05) is 31.2 Å². The molecule has 0 aliphatic heterocycles. The maximum absolute atomic E-state index is 12.9. The summed E-state index contributed by atoms with van der Waals surface area (Å²) in [5.41, 5.74) is 8.74. The number of nitrogens with zero attached hydrogens (tertiary/aromatic N) is 3. The number of fused-ring (bicyclic) bond motifs is 1. The minimum atomic E-state index is -0.428.